The van der Waals surface area contributed by atoms with Crippen LogP contribution in [0.3, 0.4) is 0 Å². The van der Waals surface area contributed by atoms with E-state index in [2.05, 4.69) is 5.32 Å². The van der Waals surface area contributed by atoms with Gasteiger partial charge in [0.1, 0.15) is 16.4 Å². The van der Waals surface area contributed by atoms with E-state index in [1.165, 1.54) is 18.2 Å². The first-order valence-corrected chi connectivity index (χ1v) is 12.6. The van der Waals surface area contributed by atoms with E-state index >= 15 is 0 Å². The summed E-state index contributed by atoms with van der Waals surface area (Å²) in [6.07, 6.45) is 0.584. The normalized spacial score (nSPS) is 11.1. The van der Waals surface area contributed by atoms with Crippen molar-refractivity contribution in [1.82, 2.24) is 4.72 Å². The third kappa shape index (κ3) is 5.67. The van der Waals surface area contributed by atoms with Gasteiger partial charge in [-0.3, -0.25) is 9.59 Å². The quantitative estimate of drug-likeness (QED) is 0.342. The number of anilines is 1. The van der Waals surface area contributed by atoms with Crippen LogP contribution in [-0.2, 0) is 14.8 Å². The lowest BCUT2D eigenvalue weighted by Gasteiger charge is -2.14. The molecule has 4 rings (SSSR count). The van der Waals surface area contributed by atoms with Crippen LogP contribution < -0.4 is 14.8 Å². The van der Waals surface area contributed by atoms with E-state index in [0.717, 1.165) is 10.8 Å². The van der Waals surface area contributed by atoms with Crippen molar-refractivity contribution in [3.8, 4) is 11.5 Å². The Kier molecular flexibility index (Phi) is 7.12. The zero-order chi connectivity index (χ0) is 24.8. The maximum absolute atomic E-state index is 13.2. The molecule has 2 N–H and O–H groups in total. The lowest BCUT2D eigenvalue weighted by Crippen LogP contribution is -2.31. The standard InChI is InChI=1S/C27H24N2O5S/c1-2-9-26(30)29-35(32,33)25-15-8-6-13-23(25)28-27(31)22-12-5-7-14-24(22)34-21-17-16-19-10-3-4-11-20(19)18-21/h3-8,10-18H,2,9H2,1H3,(H,28,31)(H,29,30). The Balaban J connectivity index is 1.59. The van der Waals surface area contributed by atoms with E-state index in [9.17, 15) is 18.0 Å². The highest BCUT2D eigenvalue weighted by molar-refractivity contribution is 7.90. The second-order valence-corrected chi connectivity index (χ2v) is 9.49. The number of hydrogen-bond acceptors (Lipinski definition) is 5. The number of benzene rings is 4. The summed E-state index contributed by atoms with van der Waals surface area (Å²) in [5, 5.41) is 4.71. The lowest BCUT2D eigenvalue weighted by atomic mass is 10.1. The molecule has 0 spiro atoms. The van der Waals surface area contributed by atoms with Crippen LogP contribution in [-0.4, -0.2) is 20.2 Å². The Morgan fingerprint density at radius 2 is 1.51 bits per heavy atom. The van der Waals surface area contributed by atoms with Crippen molar-refractivity contribution < 1.29 is 22.7 Å². The zero-order valence-electron chi connectivity index (χ0n) is 19.0. The minimum absolute atomic E-state index is 0.0507. The van der Waals surface area contributed by atoms with Gasteiger partial charge in [0, 0.05) is 6.42 Å². The molecule has 0 aliphatic rings. The Morgan fingerprint density at radius 3 is 2.31 bits per heavy atom. The number of amides is 2. The Morgan fingerprint density at radius 1 is 0.829 bits per heavy atom. The first-order valence-electron chi connectivity index (χ1n) is 11.1. The van der Waals surface area contributed by atoms with E-state index in [1.807, 2.05) is 47.2 Å². The smallest absolute Gasteiger partial charge is 0.266 e. The second kappa shape index (κ2) is 10.4. The summed E-state index contributed by atoms with van der Waals surface area (Å²) in [6, 6.07) is 26.1. The van der Waals surface area contributed by atoms with E-state index in [1.54, 1.807) is 37.3 Å². The van der Waals surface area contributed by atoms with Crippen molar-refractivity contribution in [3.63, 3.8) is 0 Å². The zero-order valence-corrected chi connectivity index (χ0v) is 19.8. The number of rotatable bonds is 8. The SMILES string of the molecule is CCCC(=O)NS(=O)(=O)c1ccccc1NC(=O)c1ccccc1Oc1ccc2ccccc2c1. The minimum Gasteiger partial charge on any atom is -0.457 e. The van der Waals surface area contributed by atoms with Crippen molar-refractivity contribution in [1.29, 1.82) is 0 Å². The van der Waals surface area contributed by atoms with Gasteiger partial charge in [0.25, 0.3) is 15.9 Å². The highest BCUT2D eigenvalue weighted by atomic mass is 32.2. The fourth-order valence-corrected chi connectivity index (χ4v) is 4.76. The van der Waals surface area contributed by atoms with Crippen LogP contribution in [0, 0.1) is 0 Å². The summed E-state index contributed by atoms with van der Waals surface area (Å²) in [5.41, 5.74) is 0.276. The third-order valence-electron chi connectivity index (χ3n) is 5.23. The van der Waals surface area contributed by atoms with Crippen molar-refractivity contribution in [2.75, 3.05) is 5.32 Å². The number of carbonyl (C=O) groups is 2. The van der Waals surface area contributed by atoms with Crippen molar-refractivity contribution in [2.45, 2.75) is 24.7 Å². The first kappa shape index (κ1) is 24.0. The summed E-state index contributed by atoms with van der Waals surface area (Å²) in [4.78, 5) is 24.9. The Hall–Kier alpha value is -4.17. The molecule has 0 aliphatic heterocycles. The number of carbonyl (C=O) groups excluding carboxylic acids is 2. The summed E-state index contributed by atoms with van der Waals surface area (Å²) in [5.74, 6) is -0.283. The van der Waals surface area contributed by atoms with Crippen LogP contribution in [0.15, 0.2) is 95.9 Å². The number of ether oxygens (including phenoxy) is 1. The van der Waals surface area contributed by atoms with Crippen LogP contribution >= 0.6 is 0 Å². The van der Waals surface area contributed by atoms with Gasteiger partial charge in [0.05, 0.1) is 11.3 Å². The number of nitrogens with one attached hydrogen (secondary N) is 2. The van der Waals surface area contributed by atoms with Gasteiger partial charge in [-0.2, -0.15) is 0 Å². The molecule has 0 heterocycles. The van der Waals surface area contributed by atoms with Gasteiger partial charge < -0.3 is 10.1 Å². The number of para-hydroxylation sites is 2. The molecule has 2 amide bonds. The van der Waals surface area contributed by atoms with Crippen molar-refractivity contribution in [3.05, 3.63) is 96.6 Å². The maximum atomic E-state index is 13.2. The molecule has 0 radical (unpaired) electrons. The topological polar surface area (TPSA) is 102 Å². The van der Waals surface area contributed by atoms with Crippen molar-refractivity contribution in [2.24, 2.45) is 0 Å². The molecule has 35 heavy (non-hydrogen) atoms. The van der Waals surface area contributed by atoms with Gasteiger partial charge in [-0.25, -0.2) is 13.1 Å². The molecule has 0 aromatic heterocycles. The van der Waals surface area contributed by atoms with Gasteiger partial charge in [0.15, 0.2) is 0 Å². The average Bonchev–Trinajstić information content (AvgIpc) is 2.84. The molecule has 7 nitrogen and oxygen atoms in total. The van der Waals surface area contributed by atoms with Gasteiger partial charge in [-0.15, -0.1) is 0 Å². The molecule has 0 atom stereocenters. The van der Waals surface area contributed by atoms with Gasteiger partial charge >= 0.3 is 0 Å². The summed E-state index contributed by atoms with van der Waals surface area (Å²) < 4.78 is 33.6. The van der Waals surface area contributed by atoms with E-state index in [-0.39, 0.29) is 22.6 Å². The van der Waals surface area contributed by atoms with Crippen LogP contribution in [0.5, 0.6) is 11.5 Å². The Labute approximate surface area is 203 Å². The predicted molar refractivity (Wildman–Crippen MR) is 135 cm³/mol. The van der Waals surface area contributed by atoms with Crippen LogP contribution in [0.4, 0.5) is 5.69 Å². The molecule has 4 aromatic rings. The van der Waals surface area contributed by atoms with Crippen LogP contribution in [0.2, 0.25) is 0 Å². The summed E-state index contributed by atoms with van der Waals surface area (Å²) in [6.45, 7) is 1.78. The molecule has 0 fully saturated rings. The molecule has 178 valence electrons. The third-order valence-corrected chi connectivity index (χ3v) is 6.66. The predicted octanol–water partition coefficient (Wildman–Crippen LogP) is 5.49. The molecular formula is C27H24N2O5S. The molecular weight excluding hydrogens is 464 g/mol. The average molecular weight is 489 g/mol. The van der Waals surface area contributed by atoms with Gasteiger partial charge in [-0.1, -0.05) is 61.5 Å². The first-order chi connectivity index (χ1) is 16.9. The summed E-state index contributed by atoms with van der Waals surface area (Å²) in [7, 11) is -4.17. The molecule has 8 heteroatoms. The summed E-state index contributed by atoms with van der Waals surface area (Å²) >= 11 is 0. The van der Waals surface area contributed by atoms with Gasteiger partial charge in [0.2, 0.25) is 5.91 Å². The molecule has 0 bridgehead atoms. The van der Waals surface area contributed by atoms with E-state index in [0.29, 0.717) is 17.9 Å². The minimum atomic E-state index is -4.17. The monoisotopic (exact) mass is 488 g/mol. The van der Waals surface area contributed by atoms with E-state index in [4.69, 9.17) is 4.74 Å². The number of hydrogen-bond donors (Lipinski definition) is 2. The van der Waals surface area contributed by atoms with Crippen LogP contribution in [0.25, 0.3) is 10.8 Å². The second-order valence-electron chi connectivity index (χ2n) is 7.84. The molecule has 0 saturated carbocycles. The Bertz CT molecular complexity index is 1500. The lowest BCUT2D eigenvalue weighted by molar-refractivity contribution is -0.119. The maximum Gasteiger partial charge on any atom is 0.266 e. The van der Waals surface area contributed by atoms with Gasteiger partial charge in [-0.05, 0) is 53.6 Å². The molecule has 0 saturated heterocycles. The number of sulfonamides is 1. The molecule has 0 unspecified atom stereocenters. The van der Waals surface area contributed by atoms with Crippen LogP contribution in [0.1, 0.15) is 30.1 Å². The fraction of sp³-hybridized carbons (Fsp3) is 0.111. The molecule has 4 aromatic carbocycles. The van der Waals surface area contributed by atoms with Crippen molar-refractivity contribution >= 4 is 38.3 Å². The largest absolute Gasteiger partial charge is 0.457 e. The fourth-order valence-electron chi connectivity index (χ4n) is 3.58. The number of fused-ring (bicyclic) bond motifs is 1. The highest BCUT2D eigenvalue weighted by Gasteiger charge is 2.23. The van der Waals surface area contributed by atoms with E-state index < -0.39 is 21.8 Å². The molecule has 0 aliphatic carbocycles. The highest BCUT2D eigenvalue weighted by Crippen LogP contribution is 2.29.